The average Bonchev–Trinajstić information content (AvgIpc) is 3.12. The fraction of sp³-hybridized carbons (Fsp3) is 0.621. The monoisotopic (exact) mass is 481 g/mol. The quantitative estimate of drug-likeness (QED) is 0.444. The minimum absolute atomic E-state index is 0.0315. The van der Waals surface area contributed by atoms with E-state index >= 15 is 0 Å². The van der Waals surface area contributed by atoms with Crippen molar-refractivity contribution < 1.29 is 4.74 Å². The van der Waals surface area contributed by atoms with E-state index in [2.05, 4.69) is 33.8 Å². The molecule has 2 saturated carbocycles. The van der Waals surface area contributed by atoms with E-state index in [0.717, 1.165) is 41.7 Å². The van der Waals surface area contributed by atoms with Gasteiger partial charge in [-0.2, -0.15) is 0 Å². The summed E-state index contributed by atoms with van der Waals surface area (Å²) in [6.45, 7) is 2.72. The zero-order chi connectivity index (χ0) is 23.2. The van der Waals surface area contributed by atoms with E-state index in [1.165, 1.54) is 75.3 Å². The number of aromatic nitrogens is 1. The first-order valence-corrected chi connectivity index (χ1v) is 14.0. The van der Waals surface area contributed by atoms with Crippen molar-refractivity contribution in [2.75, 3.05) is 25.0 Å². The largest absolute Gasteiger partial charge is 0.376 e. The molecule has 3 aliphatic rings. The van der Waals surface area contributed by atoms with E-state index in [1.54, 1.807) is 0 Å². The van der Waals surface area contributed by atoms with Crippen molar-refractivity contribution in [2.24, 2.45) is 5.92 Å². The zero-order valence-electron chi connectivity index (χ0n) is 20.4. The molecule has 34 heavy (non-hydrogen) atoms. The van der Waals surface area contributed by atoms with Gasteiger partial charge in [0.25, 0.3) is 0 Å². The van der Waals surface area contributed by atoms with E-state index in [9.17, 15) is 0 Å². The Morgan fingerprint density at radius 1 is 1.03 bits per heavy atom. The van der Waals surface area contributed by atoms with Gasteiger partial charge in [0.05, 0.1) is 29.5 Å². The summed E-state index contributed by atoms with van der Waals surface area (Å²) >= 11 is 6.89. The lowest BCUT2D eigenvalue weighted by molar-refractivity contribution is 0.0230. The summed E-state index contributed by atoms with van der Waals surface area (Å²) in [4.78, 5) is 4.40. The van der Waals surface area contributed by atoms with Gasteiger partial charge in [-0.1, -0.05) is 62.3 Å². The first-order valence-electron chi connectivity index (χ1n) is 13.6. The van der Waals surface area contributed by atoms with E-state index in [0.29, 0.717) is 18.6 Å². The van der Waals surface area contributed by atoms with Gasteiger partial charge in [0.15, 0.2) is 0 Å². The molecule has 2 aromatic rings. The highest BCUT2D eigenvalue weighted by Crippen LogP contribution is 2.42. The zero-order valence-corrected chi connectivity index (χ0v) is 21.2. The van der Waals surface area contributed by atoms with Crippen LogP contribution >= 0.6 is 11.6 Å². The molecule has 2 N–H and O–H groups in total. The molecule has 1 aromatic heterocycles. The Hall–Kier alpha value is -1.62. The second-order valence-electron chi connectivity index (χ2n) is 10.5. The highest BCUT2D eigenvalue weighted by molar-refractivity contribution is 6.33. The summed E-state index contributed by atoms with van der Waals surface area (Å²) in [6.07, 6.45) is 18.3. The Morgan fingerprint density at radius 3 is 2.59 bits per heavy atom. The van der Waals surface area contributed by atoms with Crippen molar-refractivity contribution in [2.45, 2.75) is 88.7 Å². The van der Waals surface area contributed by atoms with Crippen LogP contribution < -0.4 is 10.6 Å². The molecule has 4 nitrogen and oxygen atoms in total. The van der Waals surface area contributed by atoms with Crippen LogP contribution in [0.15, 0.2) is 36.7 Å². The van der Waals surface area contributed by atoms with Crippen molar-refractivity contribution in [3.8, 4) is 0 Å². The predicted octanol–water partition coefficient (Wildman–Crippen LogP) is 7.05. The molecule has 2 unspecified atom stereocenters. The Labute approximate surface area is 210 Å². The molecule has 184 valence electrons. The molecule has 0 saturated heterocycles. The summed E-state index contributed by atoms with van der Waals surface area (Å²) in [6, 6.07) is 8.63. The minimum Gasteiger partial charge on any atom is -0.376 e. The maximum absolute atomic E-state index is 6.89. The van der Waals surface area contributed by atoms with Crippen LogP contribution in [0.2, 0.25) is 5.02 Å². The van der Waals surface area contributed by atoms with Crippen LogP contribution in [0.1, 0.15) is 92.9 Å². The topological polar surface area (TPSA) is 46.2 Å². The smallest absolute Gasteiger partial charge is 0.0763 e. The number of nitrogens with zero attached hydrogens (tertiary/aromatic N) is 1. The predicted molar refractivity (Wildman–Crippen MR) is 141 cm³/mol. The number of rotatable bonds is 7. The minimum atomic E-state index is 0.0315. The Bertz CT molecular complexity index is 909. The molecule has 1 aliphatic heterocycles. The van der Waals surface area contributed by atoms with Gasteiger partial charge in [-0.05, 0) is 79.3 Å². The molecule has 0 bridgehead atoms. The molecule has 0 radical (unpaired) electrons. The van der Waals surface area contributed by atoms with Crippen molar-refractivity contribution >= 4 is 17.3 Å². The molecule has 0 amide bonds. The lowest BCUT2D eigenvalue weighted by Crippen LogP contribution is -2.26. The van der Waals surface area contributed by atoms with Gasteiger partial charge in [0.2, 0.25) is 0 Å². The molecule has 5 heteroatoms. The second-order valence-corrected chi connectivity index (χ2v) is 10.9. The van der Waals surface area contributed by atoms with Crippen LogP contribution in [0.5, 0.6) is 0 Å². The maximum atomic E-state index is 6.89. The van der Waals surface area contributed by atoms with Crippen LogP contribution in [0.4, 0.5) is 5.69 Å². The van der Waals surface area contributed by atoms with Gasteiger partial charge < -0.3 is 15.4 Å². The lowest BCUT2D eigenvalue weighted by Gasteiger charge is -2.32. The van der Waals surface area contributed by atoms with Gasteiger partial charge in [0, 0.05) is 18.9 Å². The number of anilines is 1. The molecule has 1 aromatic carbocycles. The van der Waals surface area contributed by atoms with Crippen LogP contribution in [0, 0.1) is 5.92 Å². The summed E-state index contributed by atoms with van der Waals surface area (Å²) in [5.41, 5.74) is 5.16. The van der Waals surface area contributed by atoms with Crippen LogP contribution in [-0.2, 0) is 11.2 Å². The van der Waals surface area contributed by atoms with Crippen molar-refractivity contribution in [1.82, 2.24) is 10.3 Å². The number of nitrogens with one attached hydrogen (secondary N) is 2. The number of halogens is 1. The lowest BCUT2D eigenvalue weighted by atomic mass is 9.75. The van der Waals surface area contributed by atoms with Gasteiger partial charge in [-0.15, -0.1) is 0 Å². The fourth-order valence-electron chi connectivity index (χ4n) is 6.39. The molecule has 2 atom stereocenters. The molecular weight excluding hydrogens is 442 g/mol. The standard InChI is InChI=1S/C29H40ClN3O/c30-27-14-13-24-25(15-17-32-19-26(24)21-8-3-1-4-9-21)29(27)33-28(22-10-7-16-31-18-22)20-34-23-11-5-2-6-12-23/h7,10,13-14,16,18,21,23,26,28,32-33H,1-6,8-9,11-12,15,17,19-20H2. The van der Waals surface area contributed by atoms with E-state index in [1.807, 2.05) is 18.5 Å². The third-order valence-corrected chi connectivity index (χ3v) is 8.60. The number of ether oxygens (including phenoxy) is 1. The molecule has 5 rings (SSSR count). The van der Waals surface area contributed by atoms with Gasteiger partial charge in [0.1, 0.15) is 0 Å². The molecular formula is C29H40ClN3O. The van der Waals surface area contributed by atoms with E-state index in [4.69, 9.17) is 16.3 Å². The van der Waals surface area contributed by atoms with Crippen LogP contribution in [0.25, 0.3) is 0 Å². The average molecular weight is 482 g/mol. The summed E-state index contributed by atoms with van der Waals surface area (Å²) in [5, 5.41) is 8.41. The van der Waals surface area contributed by atoms with Crippen molar-refractivity contribution in [3.05, 3.63) is 58.4 Å². The van der Waals surface area contributed by atoms with Gasteiger partial charge >= 0.3 is 0 Å². The van der Waals surface area contributed by atoms with Gasteiger partial charge in [-0.25, -0.2) is 0 Å². The Kier molecular flexibility index (Phi) is 8.42. The third-order valence-electron chi connectivity index (χ3n) is 8.29. The van der Waals surface area contributed by atoms with Gasteiger partial charge in [-0.3, -0.25) is 4.98 Å². The maximum Gasteiger partial charge on any atom is 0.0763 e. The van der Waals surface area contributed by atoms with Crippen LogP contribution in [-0.4, -0.2) is 30.8 Å². The first kappa shape index (κ1) is 24.1. The highest BCUT2D eigenvalue weighted by Gasteiger charge is 2.30. The molecule has 2 aliphatic carbocycles. The Balaban J connectivity index is 1.42. The summed E-state index contributed by atoms with van der Waals surface area (Å²) in [7, 11) is 0. The molecule has 0 spiro atoms. The fourth-order valence-corrected chi connectivity index (χ4v) is 6.62. The molecule has 2 heterocycles. The number of hydrogen-bond acceptors (Lipinski definition) is 4. The second kappa shape index (κ2) is 11.9. The van der Waals surface area contributed by atoms with Crippen molar-refractivity contribution in [3.63, 3.8) is 0 Å². The van der Waals surface area contributed by atoms with Crippen molar-refractivity contribution in [1.29, 1.82) is 0 Å². The molecule has 2 fully saturated rings. The number of benzene rings is 1. The summed E-state index contributed by atoms with van der Waals surface area (Å²) < 4.78 is 6.45. The SMILES string of the molecule is Clc1ccc2c(c1NC(COC1CCCCC1)c1cccnc1)CCNCC2C1CCCCC1. The van der Waals surface area contributed by atoms with E-state index < -0.39 is 0 Å². The number of hydrogen-bond donors (Lipinski definition) is 2. The van der Waals surface area contributed by atoms with Crippen LogP contribution in [0.3, 0.4) is 0 Å². The Morgan fingerprint density at radius 2 is 1.82 bits per heavy atom. The number of fused-ring (bicyclic) bond motifs is 1. The first-order chi connectivity index (χ1) is 16.8. The summed E-state index contributed by atoms with van der Waals surface area (Å²) in [5.74, 6) is 1.35. The van der Waals surface area contributed by atoms with E-state index in [-0.39, 0.29) is 6.04 Å². The third kappa shape index (κ3) is 5.78. The number of pyridine rings is 1. The normalized spacial score (nSPS) is 23.1. The highest BCUT2D eigenvalue weighted by atomic mass is 35.5.